The number of nitrogens with zero attached hydrogens (tertiary/aromatic N) is 1. The number of rotatable bonds is 9. The van der Waals surface area contributed by atoms with Crippen LogP contribution in [0.25, 0.3) is 10.9 Å². The first-order valence-electron chi connectivity index (χ1n) is 9.15. The first kappa shape index (κ1) is 21.8. The third-order valence-electron chi connectivity index (χ3n) is 4.15. The van der Waals surface area contributed by atoms with Crippen molar-refractivity contribution >= 4 is 34.7 Å². The van der Waals surface area contributed by atoms with Crippen molar-refractivity contribution < 1.29 is 28.7 Å². The molecule has 0 aliphatic carbocycles. The largest absolute Gasteiger partial charge is 0.466 e. The van der Waals surface area contributed by atoms with Crippen LogP contribution >= 0.6 is 0 Å². The Hall–Kier alpha value is -3.49. The van der Waals surface area contributed by atoms with E-state index in [1.165, 1.54) is 12.3 Å². The van der Waals surface area contributed by atoms with E-state index >= 15 is 0 Å². The third-order valence-corrected chi connectivity index (χ3v) is 4.15. The van der Waals surface area contributed by atoms with E-state index in [4.69, 9.17) is 15.2 Å². The molecule has 2 atom stereocenters. The van der Waals surface area contributed by atoms with Crippen molar-refractivity contribution in [1.29, 1.82) is 0 Å². The molecule has 1 aromatic carbocycles. The van der Waals surface area contributed by atoms with Gasteiger partial charge in [0.2, 0.25) is 5.91 Å². The predicted molar refractivity (Wildman–Crippen MR) is 104 cm³/mol. The fourth-order valence-corrected chi connectivity index (χ4v) is 2.86. The molecule has 9 nitrogen and oxygen atoms in total. The van der Waals surface area contributed by atoms with Crippen molar-refractivity contribution in [2.45, 2.75) is 26.3 Å². The number of primary amides is 1. The van der Waals surface area contributed by atoms with Gasteiger partial charge in [-0.1, -0.05) is 18.2 Å². The minimum Gasteiger partial charge on any atom is -0.466 e. The maximum Gasteiger partial charge on any atom is 0.312 e. The van der Waals surface area contributed by atoms with Crippen LogP contribution in [-0.4, -0.2) is 48.0 Å². The van der Waals surface area contributed by atoms with Gasteiger partial charge in [-0.15, -0.1) is 0 Å². The number of hydrogen-bond donors (Lipinski definition) is 2. The molecule has 154 valence electrons. The number of fused-ring (bicyclic) bond motifs is 1. The molecule has 2 amide bonds. The third kappa shape index (κ3) is 5.50. The van der Waals surface area contributed by atoms with E-state index in [-0.39, 0.29) is 18.8 Å². The number of ether oxygens (including phenoxy) is 2. The van der Waals surface area contributed by atoms with Gasteiger partial charge in [0.1, 0.15) is 6.04 Å². The lowest BCUT2D eigenvalue weighted by Gasteiger charge is -2.23. The molecule has 0 bridgehead atoms. The molecule has 0 spiro atoms. The topological polar surface area (TPSA) is 138 Å². The van der Waals surface area contributed by atoms with Crippen LogP contribution in [0.1, 0.15) is 30.6 Å². The summed E-state index contributed by atoms with van der Waals surface area (Å²) in [4.78, 5) is 53.4. The number of esters is 2. The van der Waals surface area contributed by atoms with Crippen LogP contribution in [-0.2, 0) is 23.9 Å². The summed E-state index contributed by atoms with van der Waals surface area (Å²) < 4.78 is 9.81. The smallest absolute Gasteiger partial charge is 0.312 e. The Balaban J connectivity index is 2.33. The van der Waals surface area contributed by atoms with E-state index in [0.717, 1.165) is 5.39 Å². The quantitative estimate of drug-likeness (QED) is 0.597. The van der Waals surface area contributed by atoms with Crippen molar-refractivity contribution in [2.24, 2.45) is 11.7 Å². The van der Waals surface area contributed by atoms with Gasteiger partial charge in [0, 0.05) is 11.6 Å². The molecule has 0 unspecified atom stereocenters. The molecule has 0 fully saturated rings. The van der Waals surface area contributed by atoms with Gasteiger partial charge < -0.3 is 20.5 Å². The molecular weight excluding hydrogens is 378 g/mol. The number of hydrogen-bond acceptors (Lipinski definition) is 7. The standard InChI is InChI=1S/C20H23N3O6/c1-3-28-15(24)11-14(20(27)29-4-2)17(18(21)25)23-19(26)13-9-5-7-12-8-6-10-22-16(12)13/h5-10,14,17H,3-4,11H2,1-2H3,(H2,21,25)(H,23,26)/t14-,17-/m1/s1. The van der Waals surface area contributed by atoms with Gasteiger partial charge in [-0.25, -0.2) is 0 Å². The van der Waals surface area contributed by atoms with Crippen LogP contribution in [0, 0.1) is 5.92 Å². The summed E-state index contributed by atoms with van der Waals surface area (Å²) in [6, 6.07) is 7.03. The molecule has 0 aliphatic heterocycles. The summed E-state index contributed by atoms with van der Waals surface area (Å²) in [5.74, 6) is -4.50. The summed E-state index contributed by atoms with van der Waals surface area (Å²) in [6.45, 7) is 3.32. The minimum absolute atomic E-state index is 0.0326. The second-order valence-electron chi connectivity index (χ2n) is 6.10. The van der Waals surface area contributed by atoms with Crippen molar-refractivity contribution in [3.05, 3.63) is 42.1 Å². The molecule has 1 heterocycles. The Labute approximate surface area is 167 Å². The van der Waals surface area contributed by atoms with Gasteiger partial charge in [-0.05, 0) is 26.0 Å². The zero-order chi connectivity index (χ0) is 21.4. The number of pyridine rings is 1. The van der Waals surface area contributed by atoms with Crippen LogP contribution in [0.4, 0.5) is 0 Å². The second-order valence-corrected chi connectivity index (χ2v) is 6.10. The zero-order valence-electron chi connectivity index (χ0n) is 16.2. The molecule has 1 aromatic heterocycles. The van der Waals surface area contributed by atoms with Gasteiger partial charge in [0.05, 0.1) is 36.6 Å². The zero-order valence-corrected chi connectivity index (χ0v) is 16.2. The van der Waals surface area contributed by atoms with E-state index in [0.29, 0.717) is 5.52 Å². The Bertz CT molecular complexity index is 909. The highest BCUT2D eigenvalue weighted by Crippen LogP contribution is 2.18. The van der Waals surface area contributed by atoms with Gasteiger partial charge in [0.25, 0.3) is 5.91 Å². The minimum atomic E-state index is -1.47. The number of carbonyl (C=O) groups excluding carboxylic acids is 4. The van der Waals surface area contributed by atoms with Crippen LogP contribution in [0.15, 0.2) is 36.5 Å². The Morgan fingerprint density at radius 2 is 1.76 bits per heavy atom. The molecule has 0 saturated heterocycles. The number of nitrogens with one attached hydrogen (secondary N) is 1. The SMILES string of the molecule is CCOC(=O)C[C@@H](C(=O)OCC)[C@@H](NC(=O)c1cccc2cccnc12)C(N)=O. The first-order chi connectivity index (χ1) is 13.9. The van der Waals surface area contributed by atoms with Crippen molar-refractivity contribution in [2.75, 3.05) is 13.2 Å². The number of aromatic nitrogens is 1. The highest BCUT2D eigenvalue weighted by molar-refractivity contribution is 6.07. The number of nitrogens with two attached hydrogens (primary N) is 1. The highest BCUT2D eigenvalue weighted by Gasteiger charge is 2.37. The molecule has 9 heteroatoms. The fourth-order valence-electron chi connectivity index (χ4n) is 2.86. The van der Waals surface area contributed by atoms with E-state index < -0.39 is 42.1 Å². The molecule has 0 radical (unpaired) electrons. The second kappa shape index (κ2) is 10.2. The molecule has 2 rings (SSSR count). The van der Waals surface area contributed by atoms with Gasteiger partial charge >= 0.3 is 11.9 Å². The lowest BCUT2D eigenvalue weighted by Crippen LogP contribution is -2.52. The molecule has 0 aliphatic rings. The highest BCUT2D eigenvalue weighted by atomic mass is 16.5. The Morgan fingerprint density at radius 3 is 2.41 bits per heavy atom. The van der Waals surface area contributed by atoms with Crippen LogP contribution < -0.4 is 11.1 Å². The average Bonchev–Trinajstić information content (AvgIpc) is 2.70. The lowest BCUT2D eigenvalue weighted by molar-refractivity contribution is -0.156. The number of para-hydroxylation sites is 1. The summed E-state index contributed by atoms with van der Waals surface area (Å²) in [6.07, 6.45) is 1.07. The van der Waals surface area contributed by atoms with Gasteiger partial charge in [-0.2, -0.15) is 0 Å². The fraction of sp³-hybridized carbons (Fsp3) is 0.350. The van der Waals surface area contributed by atoms with Crippen LogP contribution in [0.3, 0.4) is 0 Å². The van der Waals surface area contributed by atoms with Crippen molar-refractivity contribution in [1.82, 2.24) is 10.3 Å². The monoisotopic (exact) mass is 401 g/mol. The van der Waals surface area contributed by atoms with Gasteiger partial charge in [0.15, 0.2) is 0 Å². The van der Waals surface area contributed by atoms with E-state index in [1.807, 2.05) is 0 Å². The molecular formula is C20H23N3O6. The molecule has 29 heavy (non-hydrogen) atoms. The van der Waals surface area contributed by atoms with E-state index in [1.54, 1.807) is 38.1 Å². The molecule has 2 aromatic rings. The van der Waals surface area contributed by atoms with Crippen molar-refractivity contribution in [3.8, 4) is 0 Å². The predicted octanol–water partition coefficient (Wildman–Crippen LogP) is 0.951. The van der Waals surface area contributed by atoms with Gasteiger partial charge in [-0.3, -0.25) is 24.2 Å². The first-order valence-corrected chi connectivity index (χ1v) is 9.15. The summed E-state index contributed by atoms with van der Waals surface area (Å²) in [5.41, 5.74) is 6.06. The number of benzene rings is 1. The molecule has 0 saturated carbocycles. The summed E-state index contributed by atoms with van der Waals surface area (Å²) >= 11 is 0. The maximum absolute atomic E-state index is 12.8. The van der Waals surface area contributed by atoms with Crippen molar-refractivity contribution in [3.63, 3.8) is 0 Å². The van der Waals surface area contributed by atoms with Crippen LogP contribution in [0.5, 0.6) is 0 Å². The number of carbonyl (C=O) groups is 4. The Kier molecular flexibility index (Phi) is 7.64. The Morgan fingerprint density at radius 1 is 1.07 bits per heavy atom. The molecule has 3 N–H and O–H groups in total. The van der Waals surface area contributed by atoms with E-state index in [2.05, 4.69) is 10.3 Å². The average molecular weight is 401 g/mol. The number of amides is 2. The normalized spacial score (nSPS) is 12.6. The lowest BCUT2D eigenvalue weighted by atomic mass is 9.94. The maximum atomic E-state index is 12.8. The summed E-state index contributed by atoms with van der Waals surface area (Å²) in [5, 5.41) is 3.18. The van der Waals surface area contributed by atoms with Crippen LogP contribution in [0.2, 0.25) is 0 Å². The summed E-state index contributed by atoms with van der Waals surface area (Å²) in [7, 11) is 0. The van der Waals surface area contributed by atoms with E-state index in [9.17, 15) is 19.2 Å².